The van der Waals surface area contributed by atoms with Crippen molar-refractivity contribution in [2.24, 2.45) is 0 Å². The van der Waals surface area contributed by atoms with Crippen molar-refractivity contribution >= 4 is 37.3 Å². The number of morpholine rings is 1. The number of anilines is 2. The van der Waals surface area contributed by atoms with Crippen LogP contribution in [0.1, 0.15) is 5.56 Å². The molecule has 1 heterocycles. The van der Waals surface area contributed by atoms with Gasteiger partial charge in [0.25, 0.3) is 10.0 Å². The largest absolute Gasteiger partial charge is 0.495 e. The lowest BCUT2D eigenvalue weighted by atomic mass is 10.2. The Labute approximate surface area is 222 Å². The van der Waals surface area contributed by atoms with E-state index in [0.29, 0.717) is 24.7 Å². The van der Waals surface area contributed by atoms with Crippen molar-refractivity contribution in [1.82, 2.24) is 4.31 Å². The smallest absolute Gasteiger partial charge is 0.264 e. The van der Waals surface area contributed by atoms with E-state index in [1.807, 2.05) is 6.92 Å². The van der Waals surface area contributed by atoms with Gasteiger partial charge >= 0.3 is 0 Å². The molecule has 1 aliphatic heterocycles. The van der Waals surface area contributed by atoms with Crippen LogP contribution >= 0.6 is 0 Å². The Morgan fingerprint density at radius 3 is 2.24 bits per heavy atom. The summed E-state index contributed by atoms with van der Waals surface area (Å²) in [6.45, 7) is 2.49. The molecule has 3 aromatic carbocycles. The van der Waals surface area contributed by atoms with Crippen molar-refractivity contribution in [2.75, 3.05) is 49.6 Å². The molecule has 1 N–H and O–H groups in total. The van der Waals surface area contributed by atoms with Gasteiger partial charge < -0.3 is 14.8 Å². The van der Waals surface area contributed by atoms with E-state index < -0.39 is 32.5 Å². The molecule has 0 aliphatic carbocycles. The van der Waals surface area contributed by atoms with Crippen LogP contribution in [0.3, 0.4) is 0 Å². The highest BCUT2D eigenvalue weighted by molar-refractivity contribution is 7.93. The number of nitrogens with one attached hydrogen (secondary N) is 1. The summed E-state index contributed by atoms with van der Waals surface area (Å²) in [6.07, 6.45) is 0. The van der Waals surface area contributed by atoms with Crippen LogP contribution < -0.4 is 14.4 Å². The molecule has 12 heteroatoms. The van der Waals surface area contributed by atoms with Crippen molar-refractivity contribution < 1.29 is 31.1 Å². The Kier molecular flexibility index (Phi) is 8.36. The minimum Gasteiger partial charge on any atom is -0.495 e. The number of carbonyl (C=O) groups excluding carboxylic acids is 1. The first-order valence-electron chi connectivity index (χ1n) is 11.8. The molecule has 0 atom stereocenters. The Balaban J connectivity index is 1.58. The highest BCUT2D eigenvalue weighted by Crippen LogP contribution is 2.33. The SMILES string of the molecule is COc1ccc(C)cc1N(CC(=O)Nc1ccc(S(=O)(=O)N2CCOCC2)cc1)S(=O)(=O)c1ccccc1. The van der Waals surface area contributed by atoms with Gasteiger partial charge in [0.15, 0.2) is 0 Å². The second-order valence-electron chi connectivity index (χ2n) is 8.59. The molecule has 1 saturated heterocycles. The van der Waals surface area contributed by atoms with Crippen molar-refractivity contribution in [2.45, 2.75) is 16.7 Å². The number of ether oxygens (including phenoxy) is 2. The van der Waals surface area contributed by atoms with E-state index in [1.54, 1.807) is 36.4 Å². The zero-order chi connectivity index (χ0) is 27.3. The molecule has 0 aromatic heterocycles. The van der Waals surface area contributed by atoms with Crippen molar-refractivity contribution in [3.63, 3.8) is 0 Å². The van der Waals surface area contributed by atoms with Crippen molar-refractivity contribution in [3.8, 4) is 5.75 Å². The van der Waals surface area contributed by atoms with Gasteiger partial charge in [0.05, 0.1) is 35.8 Å². The summed E-state index contributed by atoms with van der Waals surface area (Å²) in [7, 11) is -6.39. The van der Waals surface area contributed by atoms with E-state index in [2.05, 4.69) is 5.32 Å². The molecule has 0 radical (unpaired) electrons. The highest BCUT2D eigenvalue weighted by atomic mass is 32.2. The maximum Gasteiger partial charge on any atom is 0.264 e. The van der Waals surface area contributed by atoms with Crippen LogP contribution in [0, 0.1) is 6.92 Å². The standard InChI is InChI=1S/C26H29N3O7S2/c1-20-8-13-25(35-2)24(18-20)29(38(33,34)22-6-4-3-5-7-22)19-26(30)27-21-9-11-23(12-10-21)37(31,32)28-14-16-36-17-15-28/h3-13,18H,14-17,19H2,1-2H3,(H,27,30). The topological polar surface area (TPSA) is 122 Å². The van der Waals surface area contributed by atoms with Crippen molar-refractivity contribution in [3.05, 3.63) is 78.4 Å². The van der Waals surface area contributed by atoms with E-state index in [-0.39, 0.29) is 28.6 Å². The molecule has 0 bridgehead atoms. The molecular weight excluding hydrogens is 530 g/mol. The first-order valence-corrected chi connectivity index (χ1v) is 14.7. The lowest BCUT2D eigenvalue weighted by molar-refractivity contribution is -0.114. The van der Waals surface area contributed by atoms with Crippen LogP contribution in [-0.2, 0) is 29.6 Å². The molecule has 202 valence electrons. The number of sulfonamides is 2. The van der Waals surface area contributed by atoms with Crippen LogP contribution in [0.15, 0.2) is 82.6 Å². The average molecular weight is 560 g/mol. The molecule has 3 aromatic rings. The second kappa shape index (κ2) is 11.5. The minimum absolute atomic E-state index is 0.0223. The minimum atomic E-state index is -4.13. The van der Waals surface area contributed by atoms with E-state index in [1.165, 1.54) is 47.8 Å². The van der Waals surface area contributed by atoms with Crippen LogP contribution in [0.25, 0.3) is 0 Å². The second-order valence-corrected chi connectivity index (χ2v) is 12.4. The highest BCUT2D eigenvalue weighted by Gasteiger charge is 2.30. The van der Waals surface area contributed by atoms with Gasteiger partial charge in [0, 0.05) is 18.8 Å². The van der Waals surface area contributed by atoms with Gasteiger partial charge in [-0.1, -0.05) is 24.3 Å². The fourth-order valence-electron chi connectivity index (χ4n) is 3.99. The number of hydrogen-bond acceptors (Lipinski definition) is 7. The summed E-state index contributed by atoms with van der Waals surface area (Å²) >= 11 is 0. The summed E-state index contributed by atoms with van der Waals surface area (Å²) in [5, 5.41) is 2.66. The summed E-state index contributed by atoms with van der Waals surface area (Å²) < 4.78 is 65.9. The summed E-state index contributed by atoms with van der Waals surface area (Å²) in [4.78, 5) is 13.2. The molecule has 0 saturated carbocycles. The lowest BCUT2D eigenvalue weighted by Crippen LogP contribution is -2.40. The van der Waals surface area contributed by atoms with Gasteiger partial charge in [0.1, 0.15) is 12.3 Å². The maximum absolute atomic E-state index is 13.6. The molecule has 38 heavy (non-hydrogen) atoms. The molecule has 1 fully saturated rings. The Morgan fingerprint density at radius 1 is 0.947 bits per heavy atom. The monoisotopic (exact) mass is 559 g/mol. The van der Waals surface area contributed by atoms with Crippen LogP contribution in [0.2, 0.25) is 0 Å². The Hall–Kier alpha value is -3.45. The number of methoxy groups -OCH3 is 1. The molecule has 1 aliphatic rings. The predicted molar refractivity (Wildman–Crippen MR) is 143 cm³/mol. The van der Waals surface area contributed by atoms with E-state index in [0.717, 1.165) is 9.87 Å². The summed E-state index contributed by atoms with van der Waals surface area (Å²) in [5.74, 6) is -0.322. The third kappa shape index (κ3) is 5.99. The number of amides is 1. The zero-order valence-corrected chi connectivity index (χ0v) is 22.7. The summed E-state index contributed by atoms with van der Waals surface area (Å²) in [5.41, 5.74) is 1.33. The lowest BCUT2D eigenvalue weighted by Gasteiger charge is -2.26. The van der Waals surface area contributed by atoms with E-state index >= 15 is 0 Å². The van der Waals surface area contributed by atoms with Gasteiger partial charge in [-0.05, 0) is 61.0 Å². The number of hydrogen-bond donors (Lipinski definition) is 1. The van der Waals surface area contributed by atoms with E-state index in [9.17, 15) is 21.6 Å². The first kappa shape index (κ1) is 27.6. The third-order valence-electron chi connectivity index (χ3n) is 5.97. The van der Waals surface area contributed by atoms with Crippen molar-refractivity contribution in [1.29, 1.82) is 0 Å². The molecule has 1 amide bonds. The Morgan fingerprint density at radius 2 is 1.61 bits per heavy atom. The molecule has 0 spiro atoms. The molecule has 10 nitrogen and oxygen atoms in total. The number of carbonyl (C=O) groups is 1. The average Bonchev–Trinajstić information content (AvgIpc) is 2.93. The first-order chi connectivity index (χ1) is 18.1. The number of benzene rings is 3. The van der Waals surface area contributed by atoms with Crippen LogP contribution in [-0.4, -0.2) is 67.0 Å². The number of aryl methyl sites for hydroxylation is 1. The van der Waals surface area contributed by atoms with Gasteiger partial charge in [-0.2, -0.15) is 4.31 Å². The number of nitrogens with zero attached hydrogens (tertiary/aromatic N) is 2. The Bertz CT molecular complexity index is 1490. The van der Waals surface area contributed by atoms with Gasteiger partial charge in [0.2, 0.25) is 15.9 Å². The zero-order valence-electron chi connectivity index (χ0n) is 21.0. The predicted octanol–water partition coefficient (Wildman–Crippen LogP) is 2.86. The number of rotatable bonds is 9. The third-order valence-corrected chi connectivity index (χ3v) is 9.65. The molecule has 4 rings (SSSR count). The quantitative estimate of drug-likeness (QED) is 0.428. The van der Waals surface area contributed by atoms with Gasteiger partial charge in [-0.15, -0.1) is 0 Å². The maximum atomic E-state index is 13.6. The van der Waals surface area contributed by atoms with Gasteiger partial charge in [-0.3, -0.25) is 9.10 Å². The fourth-order valence-corrected chi connectivity index (χ4v) is 6.84. The molecular formula is C26H29N3O7S2. The summed E-state index contributed by atoms with van der Waals surface area (Å²) in [6, 6.07) is 18.6. The molecule has 0 unspecified atom stereocenters. The normalized spacial score (nSPS) is 14.6. The fraction of sp³-hybridized carbons (Fsp3) is 0.269. The van der Waals surface area contributed by atoms with E-state index in [4.69, 9.17) is 9.47 Å². The van der Waals surface area contributed by atoms with Crippen LogP contribution in [0.5, 0.6) is 5.75 Å². The van der Waals surface area contributed by atoms with Gasteiger partial charge in [-0.25, -0.2) is 16.8 Å². The van der Waals surface area contributed by atoms with Crippen LogP contribution in [0.4, 0.5) is 11.4 Å².